The topological polar surface area (TPSA) is 29.5 Å². The molecule has 0 aliphatic rings. The summed E-state index contributed by atoms with van der Waals surface area (Å²) in [7, 11) is 0. The lowest BCUT2D eigenvalue weighted by Gasteiger charge is -2.12. The van der Waals surface area contributed by atoms with Crippen LogP contribution in [0.4, 0.5) is 0 Å². The van der Waals surface area contributed by atoms with E-state index < -0.39 is 6.10 Å². The Balaban J connectivity index is 2.22. The molecule has 0 heterocycles. The maximum absolute atomic E-state index is 9.61. The molecule has 2 rings (SSSR count). The van der Waals surface area contributed by atoms with Crippen LogP contribution in [0.15, 0.2) is 46.9 Å². The molecular formula is C17H19BrO2. The third-order valence-electron chi connectivity index (χ3n) is 3.18. The minimum Gasteiger partial charge on any atom is -0.457 e. The number of halogens is 1. The van der Waals surface area contributed by atoms with Gasteiger partial charge in [-0.3, -0.25) is 0 Å². The van der Waals surface area contributed by atoms with Crippen LogP contribution in [0.1, 0.15) is 43.9 Å². The molecule has 1 N–H and O–H groups in total. The van der Waals surface area contributed by atoms with Gasteiger partial charge in [-0.15, -0.1) is 0 Å². The Morgan fingerprint density at radius 2 is 1.70 bits per heavy atom. The number of aliphatic hydroxyl groups is 1. The van der Waals surface area contributed by atoms with Gasteiger partial charge in [0.05, 0.1) is 6.10 Å². The van der Waals surface area contributed by atoms with Gasteiger partial charge in [-0.05, 0) is 48.2 Å². The molecule has 2 aromatic carbocycles. The van der Waals surface area contributed by atoms with Gasteiger partial charge in [0.15, 0.2) is 0 Å². The predicted molar refractivity (Wildman–Crippen MR) is 85.4 cm³/mol. The maximum atomic E-state index is 9.61. The van der Waals surface area contributed by atoms with Gasteiger partial charge in [-0.2, -0.15) is 0 Å². The molecule has 0 aromatic heterocycles. The first-order chi connectivity index (χ1) is 9.47. The summed E-state index contributed by atoms with van der Waals surface area (Å²) in [6.45, 7) is 6.06. The van der Waals surface area contributed by atoms with Crippen molar-refractivity contribution in [3.63, 3.8) is 0 Å². The molecular weight excluding hydrogens is 316 g/mol. The molecule has 0 radical (unpaired) electrons. The van der Waals surface area contributed by atoms with Crippen molar-refractivity contribution in [1.82, 2.24) is 0 Å². The van der Waals surface area contributed by atoms with Gasteiger partial charge in [-0.25, -0.2) is 0 Å². The fourth-order valence-electron chi connectivity index (χ4n) is 1.98. The first-order valence-electron chi connectivity index (χ1n) is 6.72. The Labute approximate surface area is 128 Å². The third kappa shape index (κ3) is 3.62. The van der Waals surface area contributed by atoms with E-state index in [4.69, 9.17) is 4.74 Å². The highest BCUT2D eigenvalue weighted by Gasteiger charge is 2.08. The second-order valence-corrected chi connectivity index (χ2v) is 6.04. The van der Waals surface area contributed by atoms with E-state index in [1.807, 2.05) is 30.3 Å². The minimum atomic E-state index is -0.498. The number of ether oxygens (including phenoxy) is 1. The fraction of sp³-hybridized carbons (Fsp3) is 0.294. The van der Waals surface area contributed by atoms with E-state index in [0.717, 1.165) is 21.5 Å². The van der Waals surface area contributed by atoms with Gasteiger partial charge in [0.1, 0.15) is 11.5 Å². The van der Waals surface area contributed by atoms with Crippen LogP contribution < -0.4 is 4.74 Å². The molecule has 0 saturated heterocycles. The molecule has 0 saturated carbocycles. The lowest BCUT2D eigenvalue weighted by atomic mass is 10.0. The van der Waals surface area contributed by atoms with Crippen molar-refractivity contribution in [1.29, 1.82) is 0 Å². The molecule has 106 valence electrons. The third-order valence-corrected chi connectivity index (χ3v) is 3.87. The van der Waals surface area contributed by atoms with Gasteiger partial charge >= 0.3 is 0 Å². The molecule has 0 fully saturated rings. The zero-order valence-corrected chi connectivity index (χ0v) is 13.5. The molecule has 2 aromatic rings. The van der Waals surface area contributed by atoms with Crippen LogP contribution in [0.2, 0.25) is 0 Å². The fourth-order valence-corrected chi connectivity index (χ4v) is 2.67. The summed E-state index contributed by atoms with van der Waals surface area (Å²) in [5, 5.41) is 9.61. The number of hydrogen-bond acceptors (Lipinski definition) is 2. The summed E-state index contributed by atoms with van der Waals surface area (Å²) in [6, 6.07) is 13.7. The van der Waals surface area contributed by atoms with Gasteiger partial charge < -0.3 is 9.84 Å². The first kappa shape index (κ1) is 15.1. The van der Waals surface area contributed by atoms with Crippen LogP contribution in [0.3, 0.4) is 0 Å². The van der Waals surface area contributed by atoms with Crippen molar-refractivity contribution in [2.45, 2.75) is 32.8 Å². The van der Waals surface area contributed by atoms with Gasteiger partial charge in [0.2, 0.25) is 0 Å². The quantitative estimate of drug-likeness (QED) is 0.809. The van der Waals surface area contributed by atoms with E-state index in [1.165, 1.54) is 5.56 Å². The average molecular weight is 335 g/mol. The second kappa shape index (κ2) is 6.42. The minimum absolute atomic E-state index is 0.475. The second-order valence-electron chi connectivity index (χ2n) is 5.19. The summed E-state index contributed by atoms with van der Waals surface area (Å²) in [5.41, 5.74) is 2.11. The first-order valence-corrected chi connectivity index (χ1v) is 7.52. The number of rotatable bonds is 4. The number of benzene rings is 2. The van der Waals surface area contributed by atoms with E-state index >= 15 is 0 Å². The van der Waals surface area contributed by atoms with Crippen LogP contribution in [-0.4, -0.2) is 5.11 Å². The molecule has 2 nitrogen and oxygen atoms in total. The molecule has 0 unspecified atom stereocenters. The van der Waals surface area contributed by atoms with Crippen LogP contribution in [0.5, 0.6) is 11.5 Å². The van der Waals surface area contributed by atoms with Crippen molar-refractivity contribution < 1.29 is 9.84 Å². The zero-order chi connectivity index (χ0) is 14.7. The molecule has 3 heteroatoms. The Kier molecular flexibility index (Phi) is 4.84. The van der Waals surface area contributed by atoms with E-state index in [-0.39, 0.29) is 0 Å². The van der Waals surface area contributed by atoms with Crippen molar-refractivity contribution >= 4 is 15.9 Å². The monoisotopic (exact) mass is 334 g/mol. The van der Waals surface area contributed by atoms with Crippen LogP contribution in [0.25, 0.3) is 0 Å². The lowest BCUT2D eigenvalue weighted by Crippen LogP contribution is -1.94. The summed E-state index contributed by atoms with van der Waals surface area (Å²) in [5.74, 6) is 2.05. The summed E-state index contributed by atoms with van der Waals surface area (Å²) < 4.78 is 6.72. The molecule has 0 spiro atoms. The molecule has 0 aliphatic carbocycles. The van der Waals surface area contributed by atoms with Crippen LogP contribution in [-0.2, 0) is 0 Å². The van der Waals surface area contributed by atoms with Crippen LogP contribution in [0, 0.1) is 0 Å². The lowest BCUT2D eigenvalue weighted by molar-refractivity contribution is 0.198. The molecule has 20 heavy (non-hydrogen) atoms. The van der Waals surface area contributed by atoms with E-state index in [9.17, 15) is 5.11 Å². The summed E-state index contributed by atoms with van der Waals surface area (Å²) in [4.78, 5) is 0. The van der Waals surface area contributed by atoms with Crippen molar-refractivity contribution in [3.05, 3.63) is 58.1 Å². The highest BCUT2D eigenvalue weighted by atomic mass is 79.9. The molecule has 1 atom stereocenters. The number of hydrogen-bond donors (Lipinski definition) is 1. The SMILES string of the molecule is CC(C)c1cccc(Oc2ccc([C@@H](C)O)c(Br)c2)c1. The standard InChI is InChI=1S/C17H19BrO2/c1-11(2)13-5-4-6-14(9-13)20-15-7-8-16(12(3)19)17(18)10-15/h4-12,19H,1-3H3/t12-/m1/s1. The predicted octanol–water partition coefficient (Wildman–Crippen LogP) is 5.42. The van der Waals surface area contributed by atoms with Gasteiger partial charge in [0, 0.05) is 4.47 Å². The summed E-state index contributed by atoms with van der Waals surface area (Å²) >= 11 is 3.46. The smallest absolute Gasteiger partial charge is 0.128 e. The highest BCUT2D eigenvalue weighted by molar-refractivity contribution is 9.10. The maximum Gasteiger partial charge on any atom is 0.128 e. The van der Waals surface area contributed by atoms with Gasteiger partial charge in [-0.1, -0.05) is 48.0 Å². The Morgan fingerprint density at radius 1 is 1.00 bits per heavy atom. The van der Waals surface area contributed by atoms with Crippen molar-refractivity contribution in [2.75, 3.05) is 0 Å². The Hall–Kier alpha value is -1.32. The Bertz CT molecular complexity index is 591. The van der Waals surface area contributed by atoms with Crippen LogP contribution >= 0.6 is 15.9 Å². The Morgan fingerprint density at radius 3 is 2.30 bits per heavy atom. The van der Waals surface area contributed by atoms with E-state index in [2.05, 4.69) is 41.9 Å². The van der Waals surface area contributed by atoms with E-state index in [0.29, 0.717) is 5.92 Å². The average Bonchev–Trinajstić information content (AvgIpc) is 2.38. The van der Waals surface area contributed by atoms with E-state index in [1.54, 1.807) is 6.92 Å². The number of aliphatic hydroxyl groups excluding tert-OH is 1. The van der Waals surface area contributed by atoms with Crippen molar-refractivity contribution in [3.8, 4) is 11.5 Å². The zero-order valence-electron chi connectivity index (χ0n) is 11.9. The molecule has 0 bridgehead atoms. The van der Waals surface area contributed by atoms with Crippen molar-refractivity contribution in [2.24, 2.45) is 0 Å². The largest absolute Gasteiger partial charge is 0.457 e. The highest BCUT2D eigenvalue weighted by Crippen LogP contribution is 2.31. The summed E-state index contributed by atoms with van der Waals surface area (Å²) in [6.07, 6.45) is -0.498. The normalized spacial score (nSPS) is 12.5. The molecule has 0 amide bonds. The van der Waals surface area contributed by atoms with Gasteiger partial charge in [0.25, 0.3) is 0 Å². The molecule has 0 aliphatic heterocycles.